The van der Waals surface area contributed by atoms with E-state index >= 15 is 0 Å². The van der Waals surface area contributed by atoms with Gasteiger partial charge in [0, 0.05) is 11.6 Å². The van der Waals surface area contributed by atoms with Gasteiger partial charge in [-0.2, -0.15) is 0 Å². The number of hydrogen-bond acceptors (Lipinski definition) is 3. The molecule has 2 N–H and O–H groups in total. The molecule has 0 heterocycles. The lowest BCUT2D eigenvalue weighted by atomic mass is 9.80. The lowest BCUT2D eigenvalue weighted by Gasteiger charge is -2.26. The number of nitrogens with two attached hydrogens (primary N) is 1. The maximum atomic E-state index is 6.53. The number of benzene rings is 2. The molecule has 3 heteroatoms. The molecule has 0 bridgehead atoms. The molecule has 3 atom stereocenters. The zero-order valence-corrected chi connectivity index (χ0v) is 18.0. The van der Waals surface area contributed by atoms with Crippen molar-refractivity contribution in [3.63, 3.8) is 0 Å². The third-order valence-electron chi connectivity index (χ3n) is 7.22. The molecule has 0 aromatic heterocycles. The predicted molar refractivity (Wildman–Crippen MR) is 119 cm³/mol. The molecule has 4 rings (SSSR count). The van der Waals surface area contributed by atoms with Crippen molar-refractivity contribution in [2.75, 3.05) is 13.7 Å². The predicted octanol–water partition coefficient (Wildman–Crippen LogP) is 5.64. The van der Waals surface area contributed by atoms with Gasteiger partial charge < -0.3 is 15.2 Å². The lowest BCUT2D eigenvalue weighted by Crippen LogP contribution is -2.35. The van der Waals surface area contributed by atoms with Crippen LogP contribution in [-0.4, -0.2) is 19.3 Å². The molecule has 2 aromatic rings. The molecule has 0 aliphatic heterocycles. The van der Waals surface area contributed by atoms with Crippen LogP contribution in [0, 0.1) is 5.92 Å². The van der Waals surface area contributed by atoms with Crippen molar-refractivity contribution in [3.05, 3.63) is 59.2 Å². The van der Waals surface area contributed by atoms with Crippen LogP contribution in [0.15, 0.2) is 42.5 Å². The zero-order chi connectivity index (χ0) is 20.3. The summed E-state index contributed by atoms with van der Waals surface area (Å²) in [5, 5.41) is 0. The van der Waals surface area contributed by atoms with E-state index in [0.29, 0.717) is 11.8 Å². The average Bonchev–Trinajstić information content (AvgIpc) is 3.16. The summed E-state index contributed by atoms with van der Waals surface area (Å²) in [4.78, 5) is 0. The molecule has 2 aromatic carbocycles. The van der Waals surface area contributed by atoms with Gasteiger partial charge in [0.15, 0.2) is 0 Å². The first-order valence-corrected chi connectivity index (χ1v) is 11.3. The Morgan fingerprint density at radius 1 is 1.07 bits per heavy atom. The monoisotopic (exact) mass is 393 g/mol. The van der Waals surface area contributed by atoms with Crippen LogP contribution in [0.4, 0.5) is 0 Å². The van der Waals surface area contributed by atoms with E-state index in [1.807, 2.05) is 24.3 Å². The van der Waals surface area contributed by atoms with Crippen molar-refractivity contribution in [1.82, 2.24) is 0 Å². The van der Waals surface area contributed by atoms with E-state index < -0.39 is 0 Å². The van der Waals surface area contributed by atoms with Crippen LogP contribution in [0.25, 0.3) is 0 Å². The van der Waals surface area contributed by atoms with Gasteiger partial charge in [-0.3, -0.25) is 0 Å². The number of methoxy groups -OCH3 is 1. The van der Waals surface area contributed by atoms with E-state index in [0.717, 1.165) is 37.4 Å². The highest BCUT2D eigenvalue weighted by atomic mass is 16.5. The molecule has 3 nitrogen and oxygen atoms in total. The SMILES string of the molecule is CC[C@@]1(N)CC[C@H](c2ccc3c(c2)CCC(CCOc2cccc(OC)c2)C3)C1. The molecule has 1 fully saturated rings. The quantitative estimate of drug-likeness (QED) is 0.661. The van der Waals surface area contributed by atoms with Crippen molar-refractivity contribution < 1.29 is 9.47 Å². The van der Waals surface area contributed by atoms with Crippen molar-refractivity contribution >= 4 is 0 Å². The normalized spacial score (nSPS) is 26.2. The second-order valence-corrected chi connectivity index (χ2v) is 9.11. The van der Waals surface area contributed by atoms with E-state index in [-0.39, 0.29) is 5.54 Å². The third-order valence-corrected chi connectivity index (χ3v) is 7.22. The summed E-state index contributed by atoms with van der Waals surface area (Å²) >= 11 is 0. The molecule has 0 saturated heterocycles. The summed E-state index contributed by atoms with van der Waals surface area (Å²) in [7, 11) is 1.69. The van der Waals surface area contributed by atoms with Gasteiger partial charge in [0.05, 0.1) is 13.7 Å². The van der Waals surface area contributed by atoms with Gasteiger partial charge >= 0.3 is 0 Å². The Bertz CT molecular complexity index is 833. The summed E-state index contributed by atoms with van der Waals surface area (Å²) in [5.41, 5.74) is 11.2. The second kappa shape index (κ2) is 8.79. The van der Waals surface area contributed by atoms with Gasteiger partial charge in [-0.1, -0.05) is 31.2 Å². The zero-order valence-electron chi connectivity index (χ0n) is 18.0. The van der Waals surface area contributed by atoms with Crippen molar-refractivity contribution in [3.8, 4) is 11.5 Å². The van der Waals surface area contributed by atoms with Crippen LogP contribution in [0.2, 0.25) is 0 Å². The molecule has 1 saturated carbocycles. The van der Waals surface area contributed by atoms with Crippen LogP contribution < -0.4 is 15.2 Å². The average molecular weight is 394 g/mol. The molecular formula is C26H35NO2. The largest absolute Gasteiger partial charge is 0.497 e. The van der Waals surface area contributed by atoms with Gasteiger partial charge in [0.25, 0.3) is 0 Å². The molecule has 0 amide bonds. The Morgan fingerprint density at radius 3 is 2.72 bits per heavy atom. The molecule has 29 heavy (non-hydrogen) atoms. The number of fused-ring (bicyclic) bond motifs is 1. The Kier molecular flexibility index (Phi) is 6.15. The van der Waals surface area contributed by atoms with Crippen LogP contribution in [0.3, 0.4) is 0 Å². The Morgan fingerprint density at radius 2 is 1.93 bits per heavy atom. The fourth-order valence-corrected chi connectivity index (χ4v) is 5.15. The first-order chi connectivity index (χ1) is 14.1. The van der Waals surface area contributed by atoms with Crippen LogP contribution in [0.1, 0.15) is 68.1 Å². The minimum absolute atomic E-state index is 0.0639. The van der Waals surface area contributed by atoms with Crippen LogP contribution >= 0.6 is 0 Å². The molecule has 0 spiro atoms. The molecule has 2 aliphatic rings. The van der Waals surface area contributed by atoms with Crippen molar-refractivity contribution in [2.45, 2.75) is 69.7 Å². The smallest absolute Gasteiger partial charge is 0.122 e. The van der Waals surface area contributed by atoms with E-state index in [4.69, 9.17) is 15.2 Å². The minimum Gasteiger partial charge on any atom is -0.497 e. The summed E-state index contributed by atoms with van der Waals surface area (Å²) in [5.74, 6) is 3.10. The molecule has 2 aliphatic carbocycles. The van der Waals surface area contributed by atoms with Crippen LogP contribution in [-0.2, 0) is 12.8 Å². The van der Waals surface area contributed by atoms with E-state index in [9.17, 15) is 0 Å². The highest BCUT2D eigenvalue weighted by Crippen LogP contribution is 2.42. The van der Waals surface area contributed by atoms with Gasteiger partial charge in [0.1, 0.15) is 11.5 Å². The maximum absolute atomic E-state index is 6.53. The van der Waals surface area contributed by atoms with Gasteiger partial charge in [-0.15, -0.1) is 0 Å². The van der Waals surface area contributed by atoms with Gasteiger partial charge in [-0.25, -0.2) is 0 Å². The second-order valence-electron chi connectivity index (χ2n) is 9.11. The first-order valence-electron chi connectivity index (χ1n) is 11.3. The summed E-state index contributed by atoms with van der Waals surface area (Å²) in [6.45, 7) is 3.00. The third kappa shape index (κ3) is 4.78. The number of rotatable bonds is 7. The maximum Gasteiger partial charge on any atom is 0.122 e. The molecular weight excluding hydrogens is 358 g/mol. The standard InChI is InChI=1S/C26H35NO2/c1-3-26(27)13-11-23(18-26)22-10-9-20-15-19(7-8-21(20)16-22)12-14-29-25-6-4-5-24(17-25)28-2/h4-6,9-10,16-17,19,23H,3,7-8,11-15,18,27H2,1-2H3/t19?,23-,26+/m0/s1. The lowest BCUT2D eigenvalue weighted by molar-refractivity contribution is 0.266. The number of ether oxygens (including phenoxy) is 2. The number of aryl methyl sites for hydroxylation is 1. The topological polar surface area (TPSA) is 44.5 Å². The summed E-state index contributed by atoms with van der Waals surface area (Å²) < 4.78 is 11.2. The minimum atomic E-state index is 0.0639. The first kappa shape index (κ1) is 20.3. The summed E-state index contributed by atoms with van der Waals surface area (Å²) in [6.07, 6.45) is 9.39. The number of hydrogen-bond donors (Lipinski definition) is 1. The Balaban J connectivity index is 1.31. The highest BCUT2D eigenvalue weighted by molar-refractivity contribution is 5.37. The fourth-order valence-electron chi connectivity index (χ4n) is 5.15. The highest BCUT2D eigenvalue weighted by Gasteiger charge is 2.35. The van der Waals surface area contributed by atoms with Gasteiger partial charge in [-0.05, 0) is 92.0 Å². The van der Waals surface area contributed by atoms with E-state index in [1.54, 1.807) is 18.2 Å². The van der Waals surface area contributed by atoms with E-state index in [1.165, 1.54) is 37.7 Å². The van der Waals surface area contributed by atoms with Crippen molar-refractivity contribution in [1.29, 1.82) is 0 Å². The molecule has 156 valence electrons. The molecule has 0 radical (unpaired) electrons. The Labute approximate surface area is 175 Å². The Hall–Kier alpha value is -2.00. The molecule has 1 unspecified atom stereocenters. The summed E-state index contributed by atoms with van der Waals surface area (Å²) in [6, 6.07) is 15.1. The van der Waals surface area contributed by atoms with Crippen molar-refractivity contribution in [2.24, 2.45) is 11.7 Å². The fraction of sp³-hybridized carbons (Fsp3) is 0.538. The van der Waals surface area contributed by atoms with Crippen LogP contribution in [0.5, 0.6) is 11.5 Å². The van der Waals surface area contributed by atoms with E-state index in [2.05, 4.69) is 25.1 Å². The van der Waals surface area contributed by atoms with Gasteiger partial charge in [0.2, 0.25) is 0 Å².